The first kappa shape index (κ1) is 14.2. The first-order valence-corrected chi connectivity index (χ1v) is 6.57. The maximum atomic E-state index is 12.2. The summed E-state index contributed by atoms with van der Waals surface area (Å²) in [6.07, 6.45) is 0.744. The van der Waals surface area contributed by atoms with Gasteiger partial charge in [0.05, 0.1) is 17.4 Å². The number of rotatable bonds is 4. The van der Waals surface area contributed by atoms with Gasteiger partial charge in [0.1, 0.15) is 5.76 Å². The number of amides is 1. The van der Waals surface area contributed by atoms with E-state index in [4.69, 9.17) is 4.52 Å². The van der Waals surface area contributed by atoms with E-state index in [1.165, 1.54) is 0 Å². The van der Waals surface area contributed by atoms with Crippen LogP contribution < -0.4 is 5.32 Å². The van der Waals surface area contributed by atoms with E-state index in [2.05, 4.69) is 20.7 Å². The van der Waals surface area contributed by atoms with Crippen LogP contribution in [0.2, 0.25) is 0 Å². The van der Waals surface area contributed by atoms with Crippen LogP contribution in [0.4, 0.5) is 0 Å². The molecule has 0 fully saturated rings. The minimum Gasteiger partial charge on any atom is -0.361 e. The van der Waals surface area contributed by atoms with Crippen LogP contribution in [0.3, 0.4) is 0 Å². The second-order valence-corrected chi connectivity index (χ2v) is 4.73. The van der Waals surface area contributed by atoms with Gasteiger partial charge in [0.2, 0.25) is 0 Å². The van der Waals surface area contributed by atoms with Crippen LogP contribution in [0.15, 0.2) is 16.7 Å². The van der Waals surface area contributed by atoms with Crippen molar-refractivity contribution < 1.29 is 9.32 Å². The first-order valence-electron chi connectivity index (χ1n) is 6.57. The van der Waals surface area contributed by atoms with Gasteiger partial charge in [-0.2, -0.15) is 5.10 Å². The zero-order valence-electron chi connectivity index (χ0n) is 12.1. The summed E-state index contributed by atoms with van der Waals surface area (Å²) in [5.41, 5.74) is 2.81. The van der Waals surface area contributed by atoms with Gasteiger partial charge in [-0.3, -0.25) is 4.79 Å². The predicted molar refractivity (Wildman–Crippen MR) is 73.2 cm³/mol. The largest absolute Gasteiger partial charge is 0.361 e. The fourth-order valence-electron chi connectivity index (χ4n) is 2.12. The highest BCUT2D eigenvalue weighted by atomic mass is 16.5. The smallest absolute Gasteiger partial charge is 0.272 e. The number of aromatic nitrogens is 3. The molecule has 0 aliphatic heterocycles. The number of nitrogens with zero attached hydrogens (tertiary/aromatic N) is 3. The molecule has 0 aliphatic rings. The first-order chi connectivity index (χ1) is 9.52. The molecule has 0 aliphatic carbocycles. The Kier molecular flexibility index (Phi) is 4.12. The Morgan fingerprint density at radius 1 is 1.30 bits per heavy atom. The highest BCUT2D eigenvalue weighted by Gasteiger charge is 2.21. The van der Waals surface area contributed by atoms with Gasteiger partial charge in [0.15, 0.2) is 5.69 Å². The van der Waals surface area contributed by atoms with Gasteiger partial charge in [-0.25, -0.2) is 0 Å². The van der Waals surface area contributed by atoms with Crippen molar-refractivity contribution in [3.05, 3.63) is 40.5 Å². The standard InChI is InChI=1S/C14H18N4O2/c1-5-11(13-9(3)18-20-10(13)4)15-14(19)12-7-6-8(2)16-17-12/h6-7,11H,5H2,1-4H3,(H,15,19). The van der Waals surface area contributed by atoms with Crippen molar-refractivity contribution in [1.82, 2.24) is 20.7 Å². The van der Waals surface area contributed by atoms with Crippen molar-refractivity contribution in [1.29, 1.82) is 0 Å². The molecule has 1 unspecified atom stereocenters. The molecule has 0 spiro atoms. The maximum absolute atomic E-state index is 12.2. The van der Waals surface area contributed by atoms with E-state index in [1.54, 1.807) is 12.1 Å². The van der Waals surface area contributed by atoms with E-state index in [0.717, 1.165) is 29.1 Å². The van der Waals surface area contributed by atoms with Crippen molar-refractivity contribution in [3.63, 3.8) is 0 Å². The molecular weight excluding hydrogens is 256 g/mol. The molecule has 2 rings (SSSR count). The summed E-state index contributed by atoms with van der Waals surface area (Å²) in [6.45, 7) is 7.53. The third-order valence-electron chi connectivity index (χ3n) is 3.18. The molecule has 0 bridgehead atoms. The quantitative estimate of drug-likeness (QED) is 0.925. The van der Waals surface area contributed by atoms with Gasteiger partial charge in [0, 0.05) is 5.56 Å². The lowest BCUT2D eigenvalue weighted by Gasteiger charge is -2.16. The van der Waals surface area contributed by atoms with Crippen LogP contribution in [-0.2, 0) is 0 Å². The van der Waals surface area contributed by atoms with E-state index >= 15 is 0 Å². The molecule has 2 aromatic heterocycles. The highest BCUT2D eigenvalue weighted by molar-refractivity contribution is 5.92. The number of hydrogen-bond donors (Lipinski definition) is 1. The summed E-state index contributed by atoms with van der Waals surface area (Å²) >= 11 is 0. The number of aryl methyl sites for hydroxylation is 3. The van der Waals surface area contributed by atoms with E-state index in [-0.39, 0.29) is 11.9 Å². The maximum Gasteiger partial charge on any atom is 0.272 e. The lowest BCUT2D eigenvalue weighted by atomic mass is 10.0. The van der Waals surface area contributed by atoms with Crippen molar-refractivity contribution in [3.8, 4) is 0 Å². The zero-order chi connectivity index (χ0) is 14.7. The molecule has 1 amide bonds. The number of carbonyl (C=O) groups excluding carboxylic acids is 1. The molecule has 106 valence electrons. The van der Waals surface area contributed by atoms with Crippen LogP contribution in [0.1, 0.15) is 52.6 Å². The normalized spacial score (nSPS) is 12.2. The SMILES string of the molecule is CCC(NC(=O)c1ccc(C)nn1)c1c(C)noc1C. The minimum atomic E-state index is -0.246. The molecule has 1 atom stereocenters. The van der Waals surface area contributed by atoms with Gasteiger partial charge < -0.3 is 9.84 Å². The molecule has 6 nitrogen and oxygen atoms in total. The Morgan fingerprint density at radius 2 is 2.05 bits per heavy atom. The Labute approximate surface area is 117 Å². The fourth-order valence-corrected chi connectivity index (χ4v) is 2.12. The summed E-state index contributed by atoms with van der Waals surface area (Å²) in [4.78, 5) is 12.2. The third-order valence-corrected chi connectivity index (χ3v) is 3.18. The molecule has 0 radical (unpaired) electrons. The molecule has 0 aromatic carbocycles. The van der Waals surface area contributed by atoms with Crippen LogP contribution >= 0.6 is 0 Å². The van der Waals surface area contributed by atoms with E-state index in [1.807, 2.05) is 27.7 Å². The molecule has 2 aromatic rings. The van der Waals surface area contributed by atoms with Crippen molar-refractivity contribution in [2.45, 2.75) is 40.2 Å². The molecular formula is C14H18N4O2. The summed E-state index contributed by atoms with van der Waals surface area (Å²) in [5, 5.41) is 14.6. The van der Waals surface area contributed by atoms with Gasteiger partial charge in [0.25, 0.3) is 5.91 Å². The number of carbonyl (C=O) groups is 1. The van der Waals surface area contributed by atoms with Gasteiger partial charge >= 0.3 is 0 Å². The molecule has 1 N–H and O–H groups in total. The lowest BCUT2D eigenvalue weighted by molar-refractivity contribution is 0.0929. The topological polar surface area (TPSA) is 80.9 Å². The van der Waals surface area contributed by atoms with Crippen LogP contribution in [-0.4, -0.2) is 21.3 Å². The summed E-state index contributed by atoms with van der Waals surface area (Å²) in [5.74, 6) is 0.481. The van der Waals surface area contributed by atoms with Crippen LogP contribution in [0.5, 0.6) is 0 Å². The molecule has 0 saturated carbocycles. The Balaban J connectivity index is 2.18. The zero-order valence-corrected chi connectivity index (χ0v) is 12.1. The Hall–Kier alpha value is -2.24. The molecule has 0 saturated heterocycles. The predicted octanol–water partition coefficient (Wildman–Crippen LogP) is 2.27. The van der Waals surface area contributed by atoms with E-state index < -0.39 is 0 Å². The molecule has 6 heteroatoms. The molecule has 2 heterocycles. The van der Waals surface area contributed by atoms with Gasteiger partial charge in [-0.05, 0) is 39.3 Å². The van der Waals surface area contributed by atoms with Gasteiger partial charge in [-0.1, -0.05) is 12.1 Å². The average molecular weight is 274 g/mol. The van der Waals surface area contributed by atoms with Crippen molar-refractivity contribution in [2.24, 2.45) is 0 Å². The van der Waals surface area contributed by atoms with E-state index in [0.29, 0.717) is 5.69 Å². The lowest BCUT2D eigenvalue weighted by Crippen LogP contribution is -2.29. The Morgan fingerprint density at radius 3 is 2.55 bits per heavy atom. The second-order valence-electron chi connectivity index (χ2n) is 4.73. The summed E-state index contributed by atoms with van der Waals surface area (Å²) in [7, 11) is 0. The monoisotopic (exact) mass is 274 g/mol. The number of nitrogens with one attached hydrogen (secondary N) is 1. The summed E-state index contributed by atoms with van der Waals surface area (Å²) < 4.78 is 5.15. The second kappa shape index (κ2) is 5.81. The Bertz CT molecular complexity index is 585. The average Bonchev–Trinajstić information content (AvgIpc) is 2.76. The minimum absolute atomic E-state index is 0.142. The van der Waals surface area contributed by atoms with Crippen LogP contribution in [0, 0.1) is 20.8 Å². The summed E-state index contributed by atoms with van der Waals surface area (Å²) in [6, 6.07) is 3.29. The molecule has 20 heavy (non-hydrogen) atoms. The van der Waals surface area contributed by atoms with Crippen molar-refractivity contribution >= 4 is 5.91 Å². The van der Waals surface area contributed by atoms with Crippen LogP contribution in [0.25, 0.3) is 0 Å². The fraction of sp³-hybridized carbons (Fsp3) is 0.429. The van der Waals surface area contributed by atoms with E-state index in [9.17, 15) is 4.79 Å². The van der Waals surface area contributed by atoms with Crippen molar-refractivity contribution in [2.75, 3.05) is 0 Å². The third kappa shape index (κ3) is 2.84. The highest BCUT2D eigenvalue weighted by Crippen LogP contribution is 2.24. The van der Waals surface area contributed by atoms with Gasteiger partial charge in [-0.15, -0.1) is 5.10 Å². The number of hydrogen-bond acceptors (Lipinski definition) is 5.